The third-order valence-electron chi connectivity index (χ3n) is 3.68. The average molecular weight is 296 g/mol. The van der Waals surface area contributed by atoms with Crippen LogP contribution in [0.15, 0.2) is 54.7 Å². The summed E-state index contributed by atoms with van der Waals surface area (Å²) in [7, 11) is 1.67. The van der Waals surface area contributed by atoms with E-state index in [1.165, 1.54) is 0 Å². The Hall–Kier alpha value is -2.30. The molecule has 0 atom stereocenters. The second-order valence-electron chi connectivity index (χ2n) is 5.21. The molecular weight excluding hydrogens is 276 g/mol. The number of rotatable bonds is 6. The highest BCUT2D eigenvalue weighted by molar-refractivity contribution is 5.96. The molecule has 3 aromatic rings. The lowest BCUT2D eigenvalue weighted by Crippen LogP contribution is -2.05. The second kappa shape index (κ2) is 6.64. The number of benzene rings is 2. The summed E-state index contributed by atoms with van der Waals surface area (Å²) in [5.74, 6) is 6.07. The van der Waals surface area contributed by atoms with Crippen LogP contribution in [0, 0.1) is 0 Å². The number of ether oxygens (including phenoxy) is 2. The van der Waals surface area contributed by atoms with Gasteiger partial charge in [-0.05, 0) is 23.3 Å². The Bertz CT molecular complexity index is 750. The monoisotopic (exact) mass is 296 g/mol. The van der Waals surface area contributed by atoms with Gasteiger partial charge < -0.3 is 15.3 Å². The molecule has 0 radical (unpaired) electrons. The van der Waals surface area contributed by atoms with Crippen molar-refractivity contribution in [1.29, 1.82) is 0 Å². The number of hydrogen-bond acceptors (Lipinski definition) is 3. The molecule has 22 heavy (non-hydrogen) atoms. The van der Waals surface area contributed by atoms with Crippen molar-refractivity contribution in [1.82, 2.24) is 4.68 Å². The van der Waals surface area contributed by atoms with Crippen LogP contribution >= 0.6 is 0 Å². The normalized spacial score (nSPS) is 11.1. The largest absolute Gasteiger partial charge is 0.382 e. The standard InChI is InChI=1S/C18H20N2O2/c1-21-9-10-22-13-14-7-8-18-16(11-14)17(12-20(18)19)15-5-3-2-4-6-15/h2-8,11-12H,9-10,13,19H2,1H3. The molecule has 1 heterocycles. The Morgan fingerprint density at radius 3 is 2.64 bits per heavy atom. The molecule has 0 aliphatic carbocycles. The minimum Gasteiger partial charge on any atom is -0.382 e. The fourth-order valence-corrected chi connectivity index (χ4v) is 2.57. The minimum atomic E-state index is 0.573. The molecule has 4 nitrogen and oxygen atoms in total. The molecule has 0 spiro atoms. The summed E-state index contributed by atoms with van der Waals surface area (Å²) in [4.78, 5) is 0. The summed E-state index contributed by atoms with van der Waals surface area (Å²) in [6.07, 6.45) is 1.97. The van der Waals surface area contributed by atoms with E-state index >= 15 is 0 Å². The van der Waals surface area contributed by atoms with Crippen molar-refractivity contribution in [2.24, 2.45) is 0 Å². The Morgan fingerprint density at radius 1 is 1.05 bits per heavy atom. The predicted octanol–water partition coefficient (Wildman–Crippen LogP) is 3.19. The van der Waals surface area contributed by atoms with Crippen molar-refractivity contribution in [2.75, 3.05) is 26.2 Å². The van der Waals surface area contributed by atoms with E-state index in [1.54, 1.807) is 11.8 Å². The van der Waals surface area contributed by atoms with Crippen molar-refractivity contribution in [3.05, 3.63) is 60.3 Å². The molecule has 3 rings (SSSR count). The summed E-state index contributed by atoms with van der Waals surface area (Å²) in [6, 6.07) is 16.5. The molecule has 2 N–H and O–H groups in total. The molecule has 0 aliphatic heterocycles. The van der Waals surface area contributed by atoms with Gasteiger partial charge in [0.1, 0.15) is 0 Å². The van der Waals surface area contributed by atoms with Crippen LogP contribution in [-0.4, -0.2) is 25.0 Å². The molecule has 0 saturated carbocycles. The minimum absolute atomic E-state index is 0.573. The van der Waals surface area contributed by atoms with Gasteiger partial charge in [0.25, 0.3) is 0 Å². The average Bonchev–Trinajstić information content (AvgIpc) is 2.89. The molecule has 4 heteroatoms. The summed E-state index contributed by atoms with van der Waals surface area (Å²) >= 11 is 0. The number of hydrogen-bond donors (Lipinski definition) is 1. The van der Waals surface area contributed by atoms with Gasteiger partial charge in [-0.15, -0.1) is 0 Å². The van der Waals surface area contributed by atoms with Crippen molar-refractivity contribution in [2.45, 2.75) is 6.61 Å². The maximum absolute atomic E-state index is 6.07. The van der Waals surface area contributed by atoms with Gasteiger partial charge in [0.2, 0.25) is 0 Å². The zero-order chi connectivity index (χ0) is 15.4. The van der Waals surface area contributed by atoms with Gasteiger partial charge in [-0.3, -0.25) is 4.68 Å². The van der Waals surface area contributed by atoms with Crippen molar-refractivity contribution in [3.63, 3.8) is 0 Å². The SMILES string of the molecule is COCCOCc1ccc2c(c1)c(-c1ccccc1)cn2N. The summed E-state index contributed by atoms with van der Waals surface area (Å²) in [5, 5.41) is 1.14. The molecular formula is C18H20N2O2. The highest BCUT2D eigenvalue weighted by Crippen LogP contribution is 2.30. The lowest BCUT2D eigenvalue weighted by molar-refractivity contribution is 0.0617. The first-order chi connectivity index (χ1) is 10.8. The van der Waals surface area contributed by atoms with E-state index in [1.807, 2.05) is 36.5 Å². The smallest absolute Gasteiger partial charge is 0.0718 e. The topological polar surface area (TPSA) is 49.4 Å². The molecule has 2 aromatic carbocycles. The Balaban J connectivity index is 1.93. The van der Waals surface area contributed by atoms with E-state index < -0.39 is 0 Å². The van der Waals surface area contributed by atoms with Crippen LogP contribution in [0.4, 0.5) is 0 Å². The third kappa shape index (κ3) is 2.98. The molecule has 0 unspecified atom stereocenters. The second-order valence-corrected chi connectivity index (χ2v) is 5.21. The van der Waals surface area contributed by atoms with Crippen LogP contribution in [0.5, 0.6) is 0 Å². The van der Waals surface area contributed by atoms with Gasteiger partial charge in [-0.1, -0.05) is 36.4 Å². The first-order valence-corrected chi connectivity index (χ1v) is 7.31. The van der Waals surface area contributed by atoms with Gasteiger partial charge in [-0.2, -0.15) is 0 Å². The number of fused-ring (bicyclic) bond motifs is 1. The summed E-state index contributed by atoms with van der Waals surface area (Å²) in [6.45, 7) is 1.78. The van der Waals surface area contributed by atoms with Gasteiger partial charge in [0, 0.05) is 24.3 Å². The highest BCUT2D eigenvalue weighted by Gasteiger charge is 2.09. The highest BCUT2D eigenvalue weighted by atomic mass is 16.5. The number of nitrogen functional groups attached to an aromatic ring is 1. The fourth-order valence-electron chi connectivity index (χ4n) is 2.57. The van der Waals surface area contributed by atoms with Gasteiger partial charge in [0.05, 0.1) is 25.3 Å². The molecule has 114 valence electrons. The van der Waals surface area contributed by atoms with Crippen LogP contribution in [0.3, 0.4) is 0 Å². The number of nitrogens with two attached hydrogens (primary N) is 1. The van der Waals surface area contributed by atoms with Crippen LogP contribution in [-0.2, 0) is 16.1 Å². The maximum Gasteiger partial charge on any atom is 0.0718 e. The number of methoxy groups -OCH3 is 1. The zero-order valence-electron chi connectivity index (χ0n) is 12.7. The molecule has 0 aliphatic rings. The van der Waals surface area contributed by atoms with Gasteiger partial charge in [0.15, 0.2) is 0 Å². The molecule has 0 saturated heterocycles. The zero-order valence-corrected chi connectivity index (χ0v) is 12.7. The summed E-state index contributed by atoms with van der Waals surface area (Å²) < 4.78 is 12.3. The van der Waals surface area contributed by atoms with E-state index in [9.17, 15) is 0 Å². The molecule has 1 aromatic heterocycles. The van der Waals surface area contributed by atoms with E-state index in [0.717, 1.165) is 27.6 Å². The van der Waals surface area contributed by atoms with Gasteiger partial charge in [-0.25, -0.2) is 0 Å². The van der Waals surface area contributed by atoms with E-state index in [0.29, 0.717) is 19.8 Å². The van der Waals surface area contributed by atoms with Crippen molar-refractivity contribution in [3.8, 4) is 11.1 Å². The lowest BCUT2D eigenvalue weighted by atomic mass is 10.0. The lowest BCUT2D eigenvalue weighted by Gasteiger charge is -2.05. The molecule has 0 fully saturated rings. The maximum atomic E-state index is 6.07. The quantitative estimate of drug-likeness (QED) is 0.561. The fraction of sp³-hybridized carbons (Fsp3) is 0.222. The Labute approximate surface area is 130 Å². The first kappa shape index (κ1) is 14.6. The first-order valence-electron chi connectivity index (χ1n) is 7.31. The number of nitrogens with zero attached hydrogens (tertiary/aromatic N) is 1. The Kier molecular flexibility index (Phi) is 4.42. The van der Waals surface area contributed by atoms with Crippen molar-refractivity contribution >= 4 is 10.9 Å². The van der Waals surface area contributed by atoms with E-state index in [2.05, 4.69) is 18.2 Å². The number of aromatic nitrogens is 1. The summed E-state index contributed by atoms with van der Waals surface area (Å²) in [5.41, 5.74) is 4.44. The van der Waals surface area contributed by atoms with Crippen molar-refractivity contribution < 1.29 is 9.47 Å². The van der Waals surface area contributed by atoms with Gasteiger partial charge >= 0.3 is 0 Å². The van der Waals surface area contributed by atoms with Crippen LogP contribution in [0.25, 0.3) is 22.0 Å². The van der Waals surface area contributed by atoms with E-state index in [-0.39, 0.29) is 0 Å². The third-order valence-corrected chi connectivity index (χ3v) is 3.68. The predicted molar refractivity (Wildman–Crippen MR) is 89.1 cm³/mol. The van der Waals surface area contributed by atoms with Crippen LogP contribution in [0.1, 0.15) is 5.56 Å². The van der Waals surface area contributed by atoms with Crippen LogP contribution in [0.2, 0.25) is 0 Å². The molecule has 0 amide bonds. The van der Waals surface area contributed by atoms with E-state index in [4.69, 9.17) is 15.3 Å². The van der Waals surface area contributed by atoms with Crippen LogP contribution < -0.4 is 5.84 Å². The Morgan fingerprint density at radius 2 is 1.86 bits per heavy atom. The molecule has 0 bridgehead atoms.